The summed E-state index contributed by atoms with van der Waals surface area (Å²) in [5.74, 6) is 0.589. The van der Waals surface area contributed by atoms with Gasteiger partial charge in [-0.05, 0) is 18.2 Å². The van der Waals surface area contributed by atoms with Crippen LogP contribution < -0.4 is 15.6 Å². The number of carbonyl (C=O) groups is 1. The fraction of sp³-hybridized carbons (Fsp3) is 0.211. The number of nitrogens with zero attached hydrogens (tertiary/aromatic N) is 2. The first-order valence-electron chi connectivity index (χ1n) is 8.18. The van der Waals surface area contributed by atoms with E-state index in [1.165, 1.54) is 10.8 Å². The van der Waals surface area contributed by atoms with Gasteiger partial charge in [-0.25, -0.2) is 4.98 Å². The highest BCUT2D eigenvalue weighted by Crippen LogP contribution is 2.31. The molecule has 1 amide bonds. The van der Waals surface area contributed by atoms with E-state index in [2.05, 4.69) is 10.3 Å². The summed E-state index contributed by atoms with van der Waals surface area (Å²) in [6.45, 7) is 0.515. The first-order valence-corrected chi connectivity index (χ1v) is 8.18. The molecule has 0 radical (unpaired) electrons. The van der Waals surface area contributed by atoms with Gasteiger partial charge in [-0.1, -0.05) is 30.3 Å². The molecule has 1 unspecified atom stereocenters. The molecule has 1 aromatic heterocycles. The normalized spacial score (nSPS) is 16.1. The molecule has 0 spiro atoms. The maximum absolute atomic E-state index is 12.6. The molecule has 2 aromatic carbocycles. The number of ether oxygens (including phenoxy) is 1. The third kappa shape index (κ3) is 2.98. The SMILES string of the molecule is O=C(Cn1c(=O)cnc2ccccc21)NC1CCOc2ccccc21. The molecule has 1 N–H and O–H groups in total. The van der Waals surface area contributed by atoms with E-state index in [9.17, 15) is 9.59 Å². The predicted molar refractivity (Wildman–Crippen MR) is 93.4 cm³/mol. The van der Waals surface area contributed by atoms with E-state index in [1.807, 2.05) is 42.5 Å². The number of amides is 1. The minimum absolute atomic E-state index is 0.0403. The first kappa shape index (κ1) is 15.4. The van der Waals surface area contributed by atoms with Gasteiger partial charge in [0.05, 0.1) is 29.9 Å². The number of benzene rings is 2. The number of nitrogens with one attached hydrogen (secondary N) is 1. The second kappa shape index (κ2) is 6.39. The van der Waals surface area contributed by atoms with Crippen LogP contribution in [0.5, 0.6) is 5.75 Å². The molecule has 6 nitrogen and oxygen atoms in total. The van der Waals surface area contributed by atoms with Crippen LogP contribution in [0.2, 0.25) is 0 Å². The second-order valence-corrected chi connectivity index (χ2v) is 5.97. The molecule has 126 valence electrons. The summed E-state index contributed by atoms with van der Waals surface area (Å²) in [6.07, 6.45) is 1.95. The highest BCUT2D eigenvalue weighted by Gasteiger charge is 2.22. The van der Waals surface area contributed by atoms with Gasteiger partial charge in [-0.2, -0.15) is 0 Å². The van der Waals surface area contributed by atoms with Crippen molar-refractivity contribution in [2.45, 2.75) is 19.0 Å². The van der Waals surface area contributed by atoms with Gasteiger partial charge in [-0.15, -0.1) is 0 Å². The maximum Gasteiger partial charge on any atom is 0.269 e. The van der Waals surface area contributed by atoms with Gasteiger partial charge in [-0.3, -0.25) is 14.2 Å². The lowest BCUT2D eigenvalue weighted by Gasteiger charge is -2.26. The van der Waals surface area contributed by atoms with Gasteiger partial charge in [0.2, 0.25) is 5.91 Å². The van der Waals surface area contributed by atoms with Crippen molar-refractivity contribution < 1.29 is 9.53 Å². The zero-order valence-corrected chi connectivity index (χ0v) is 13.5. The molecule has 3 aromatic rings. The Morgan fingerprint density at radius 3 is 2.92 bits per heavy atom. The van der Waals surface area contributed by atoms with E-state index in [-0.39, 0.29) is 24.1 Å². The summed E-state index contributed by atoms with van der Waals surface area (Å²) in [5.41, 5.74) is 2.01. The highest BCUT2D eigenvalue weighted by atomic mass is 16.5. The Kier molecular flexibility index (Phi) is 3.93. The minimum atomic E-state index is -0.291. The van der Waals surface area contributed by atoms with Crippen molar-refractivity contribution >= 4 is 16.9 Å². The Bertz CT molecular complexity index is 996. The summed E-state index contributed by atoms with van der Waals surface area (Å²) in [7, 11) is 0. The number of hydrogen-bond donors (Lipinski definition) is 1. The van der Waals surface area contributed by atoms with Gasteiger partial charge < -0.3 is 10.1 Å². The van der Waals surface area contributed by atoms with Crippen molar-refractivity contribution in [1.29, 1.82) is 0 Å². The van der Waals surface area contributed by atoms with E-state index < -0.39 is 0 Å². The molecule has 25 heavy (non-hydrogen) atoms. The van der Waals surface area contributed by atoms with Crippen LogP contribution in [0.25, 0.3) is 11.0 Å². The Morgan fingerprint density at radius 2 is 2.00 bits per heavy atom. The standard InChI is InChI=1S/C19H17N3O3/c23-18(21-14-9-10-25-17-8-4-1-5-13(14)17)12-22-16-7-3-2-6-15(16)20-11-19(22)24/h1-8,11,14H,9-10,12H2,(H,21,23). The summed E-state index contributed by atoms with van der Waals surface area (Å²) in [6, 6.07) is 14.9. The predicted octanol–water partition coefficient (Wildman–Crippen LogP) is 2.04. The van der Waals surface area contributed by atoms with Crippen molar-refractivity contribution in [1.82, 2.24) is 14.9 Å². The molecule has 6 heteroatoms. The van der Waals surface area contributed by atoms with Gasteiger partial charge in [0.15, 0.2) is 0 Å². The summed E-state index contributed by atoms with van der Waals surface area (Å²) >= 11 is 0. The van der Waals surface area contributed by atoms with Crippen molar-refractivity contribution in [2.24, 2.45) is 0 Å². The van der Waals surface area contributed by atoms with Crippen LogP contribution in [0, 0.1) is 0 Å². The molecule has 0 aliphatic carbocycles. The molecule has 0 bridgehead atoms. The van der Waals surface area contributed by atoms with Crippen molar-refractivity contribution in [3.05, 3.63) is 70.6 Å². The fourth-order valence-corrected chi connectivity index (χ4v) is 3.15. The number of aromatic nitrogens is 2. The molecular weight excluding hydrogens is 318 g/mol. The van der Waals surface area contributed by atoms with Crippen LogP contribution >= 0.6 is 0 Å². The zero-order chi connectivity index (χ0) is 17.2. The van der Waals surface area contributed by atoms with E-state index >= 15 is 0 Å². The van der Waals surface area contributed by atoms with Gasteiger partial charge in [0.25, 0.3) is 5.56 Å². The lowest BCUT2D eigenvalue weighted by atomic mass is 10.0. The highest BCUT2D eigenvalue weighted by molar-refractivity contribution is 5.80. The number of para-hydroxylation sites is 3. The third-order valence-corrected chi connectivity index (χ3v) is 4.35. The molecule has 1 aliphatic heterocycles. The average molecular weight is 335 g/mol. The van der Waals surface area contributed by atoms with E-state index in [0.717, 1.165) is 11.3 Å². The molecule has 1 atom stereocenters. The van der Waals surface area contributed by atoms with Crippen LogP contribution in [0.1, 0.15) is 18.0 Å². The smallest absolute Gasteiger partial charge is 0.269 e. The van der Waals surface area contributed by atoms with Gasteiger partial charge in [0, 0.05) is 12.0 Å². The van der Waals surface area contributed by atoms with Crippen LogP contribution in [-0.2, 0) is 11.3 Å². The van der Waals surface area contributed by atoms with Crippen LogP contribution in [0.4, 0.5) is 0 Å². The number of carbonyl (C=O) groups excluding carboxylic acids is 1. The van der Waals surface area contributed by atoms with Crippen molar-refractivity contribution in [3.8, 4) is 5.75 Å². The zero-order valence-electron chi connectivity index (χ0n) is 13.5. The topological polar surface area (TPSA) is 73.2 Å². The first-order chi connectivity index (χ1) is 12.2. The molecule has 0 saturated heterocycles. The second-order valence-electron chi connectivity index (χ2n) is 5.97. The third-order valence-electron chi connectivity index (χ3n) is 4.35. The van der Waals surface area contributed by atoms with Crippen LogP contribution in [0.3, 0.4) is 0 Å². The maximum atomic E-state index is 12.6. The Hall–Kier alpha value is -3.15. The van der Waals surface area contributed by atoms with Gasteiger partial charge in [0.1, 0.15) is 12.3 Å². The Labute approximate surface area is 144 Å². The van der Waals surface area contributed by atoms with Gasteiger partial charge >= 0.3 is 0 Å². The van der Waals surface area contributed by atoms with E-state index in [4.69, 9.17) is 4.74 Å². The summed E-state index contributed by atoms with van der Waals surface area (Å²) < 4.78 is 7.06. The molecule has 4 rings (SSSR count). The molecule has 0 saturated carbocycles. The largest absolute Gasteiger partial charge is 0.493 e. The summed E-state index contributed by atoms with van der Waals surface area (Å²) in [5, 5.41) is 3.02. The number of rotatable bonds is 3. The van der Waals surface area contributed by atoms with E-state index in [0.29, 0.717) is 24.1 Å². The Balaban J connectivity index is 1.58. The average Bonchev–Trinajstić information content (AvgIpc) is 2.64. The fourth-order valence-electron chi connectivity index (χ4n) is 3.15. The molecule has 2 heterocycles. The minimum Gasteiger partial charge on any atom is -0.493 e. The molecule has 0 fully saturated rings. The van der Waals surface area contributed by atoms with Crippen LogP contribution in [0.15, 0.2) is 59.5 Å². The lowest BCUT2D eigenvalue weighted by molar-refractivity contribution is -0.122. The summed E-state index contributed by atoms with van der Waals surface area (Å²) in [4.78, 5) is 28.8. The van der Waals surface area contributed by atoms with Crippen molar-refractivity contribution in [3.63, 3.8) is 0 Å². The molecular formula is C19H17N3O3. The quantitative estimate of drug-likeness (QED) is 0.795. The number of fused-ring (bicyclic) bond motifs is 2. The monoisotopic (exact) mass is 335 g/mol. The number of hydrogen-bond acceptors (Lipinski definition) is 4. The molecule has 1 aliphatic rings. The van der Waals surface area contributed by atoms with E-state index in [1.54, 1.807) is 6.07 Å². The van der Waals surface area contributed by atoms with Crippen LogP contribution in [-0.4, -0.2) is 22.1 Å². The van der Waals surface area contributed by atoms with Crippen molar-refractivity contribution in [2.75, 3.05) is 6.61 Å². The lowest BCUT2D eigenvalue weighted by Crippen LogP contribution is -2.36. The Morgan fingerprint density at radius 1 is 1.20 bits per heavy atom.